The van der Waals surface area contributed by atoms with E-state index in [1.807, 2.05) is 60.7 Å². The molecule has 0 spiro atoms. The monoisotopic (exact) mass is 352 g/mol. The lowest BCUT2D eigenvalue weighted by molar-refractivity contribution is 0.0595. The van der Waals surface area contributed by atoms with Gasteiger partial charge >= 0.3 is 5.69 Å². The highest BCUT2D eigenvalue weighted by molar-refractivity contribution is 5.20. The van der Waals surface area contributed by atoms with Crippen molar-refractivity contribution in [1.82, 2.24) is 9.13 Å². The third-order valence-corrected chi connectivity index (χ3v) is 3.81. The van der Waals surface area contributed by atoms with Crippen LogP contribution < -0.4 is 16.0 Å². The maximum atomic E-state index is 12.5. The smallest absolute Gasteiger partial charge is 0.332 e. The van der Waals surface area contributed by atoms with Crippen LogP contribution in [0.5, 0.6) is 5.75 Å². The van der Waals surface area contributed by atoms with E-state index in [1.165, 1.54) is 16.8 Å². The van der Waals surface area contributed by atoms with Gasteiger partial charge in [0.2, 0.25) is 0 Å². The number of benzene rings is 2. The average molecular weight is 352 g/mol. The lowest BCUT2D eigenvalue weighted by Gasteiger charge is -2.11. The molecule has 26 heavy (non-hydrogen) atoms. The van der Waals surface area contributed by atoms with Crippen LogP contribution >= 0.6 is 0 Å². The van der Waals surface area contributed by atoms with E-state index >= 15 is 0 Å². The van der Waals surface area contributed by atoms with Gasteiger partial charge in [-0.2, -0.15) is 0 Å². The molecular formula is C20H20N2O4. The molecule has 0 aliphatic carbocycles. The summed E-state index contributed by atoms with van der Waals surface area (Å²) in [6.07, 6.45) is 1.45. The molecule has 3 aromatic rings. The Kier molecular flexibility index (Phi) is 6.01. The van der Waals surface area contributed by atoms with E-state index in [1.54, 1.807) is 0 Å². The van der Waals surface area contributed by atoms with Gasteiger partial charge in [-0.15, -0.1) is 0 Å². The molecule has 1 heterocycles. The highest BCUT2D eigenvalue weighted by Gasteiger charge is 2.06. The molecule has 0 aliphatic heterocycles. The van der Waals surface area contributed by atoms with Gasteiger partial charge in [0.05, 0.1) is 13.2 Å². The van der Waals surface area contributed by atoms with Gasteiger partial charge in [0.1, 0.15) is 19.1 Å². The van der Waals surface area contributed by atoms with E-state index < -0.39 is 5.69 Å². The molecule has 0 radical (unpaired) electrons. The van der Waals surface area contributed by atoms with Crippen molar-refractivity contribution in [2.45, 2.75) is 19.9 Å². The summed E-state index contributed by atoms with van der Waals surface area (Å²) in [6, 6.07) is 20.3. The first kappa shape index (κ1) is 17.7. The molecule has 0 fully saturated rings. The SMILES string of the molecule is O=c1ccn(COCc2ccccc2)c(=O)n1CCOc1ccccc1. The van der Waals surface area contributed by atoms with E-state index in [0.717, 1.165) is 10.1 Å². The van der Waals surface area contributed by atoms with Gasteiger partial charge in [0.25, 0.3) is 5.56 Å². The van der Waals surface area contributed by atoms with Crippen LogP contribution in [0.4, 0.5) is 0 Å². The zero-order valence-electron chi connectivity index (χ0n) is 14.3. The Morgan fingerprint density at radius 3 is 2.27 bits per heavy atom. The second-order valence-corrected chi connectivity index (χ2v) is 5.68. The number of hydrogen-bond donors (Lipinski definition) is 0. The number of hydrogen-bond acceptors (Lipinski definition) is 4. The number of ether oxygens (including phenoxy) is 2. The summed E-state index contributed by atoms with van der Waals surface area (Å²) in [6.45, 7) is 0.872. The lowest BCUT2D eigenvalue weighted by atomic mass is 10.2. The van der Waals surface area contributed by atoms with Crippen molar-refractivity contribution in [3.63, 3.8) is 0 Å². The van der Waals surface area contributed by atoms with Crippen LogP contribution in [0.3, 0.4) is 0 Å². The predicted molar refractivity (Wildman–Crippen MR) is 98.1 cm³/mol. The summed E-state index contributed by atoms with van der Waals surface area (Å²) in [7, 11) is 0. The van der Waals surface area contributed by atoms with Gasteiger partial charge in [0.15, 0.2) is 0 Å². The molecule has 2 aromatic carbocycles. The van der Waals surface area contributed by atoms with Crippen molar-refractivity contribution in [3.8, 4) is 5.75 Å². The molecule has 1 aromatic heterocycles. The Balaban J connectivity index is 1.60. The van der Waals surface area contributed by atoms with Crippen LogP contribution in [0, 0.1) is 0 Å². The highest BCUT2D eigenvalue weighted by Crippen LogP contribution is 2.07. The van der Waals surface area contributed by atoms with Gasteiger partial charge in [-0.05, 0) is 17.7 Å². The lowest BCUT2D eigenvalue weighted by Crippen LogP contribution is -2.40. The van der Waals surface area contributed by atoms with Crippen LogP contribution in [-0.4, -0.2) is 15.7 Å². The van der Waals surface area contributed by atoms with Crippen LogP contribution in [0.2, 0.25) is 0 Å². The number of nitrogens with zero attached hydrogens (tertiary/aromatic N) is 2. The fourth-order valence-electron chi connectivity index (χ4n) is 2.47. The largest absolute Gasteiger partial charge is 0.492 e. The van der Waals surface area contributed by atoms with E-state index in [-0.39, 0.29) is 25.4 Å². The van der Waals surface area contributed by atoms with Crippen LogP contribution in [0.15, 0.2) is 82.5 Å². The van der Waals surface area contributed by atoms with Crippen molar-refractivity contribution in [1.29, 1.82) is 0 Å². The molecule has 0 unspecified atom stereocenters. The van der Waals surface area contributed by atoms with Gasteiger partial charge < -0.3 is 9.47 Å². The van der Waals surface area contributed by atoms with E-state index in [9.17, 15) is 9.59 Å². The van der Waals surface area contributed by atoms with Crippen molar-refractivity contribution in [2.75, 3.05) is 6.61 Å². The number of para-hydroxylation sites is 1. The van der Waals surface area contributed by atoms with Crippen molar-refractivity contribution >= 4 is 0 Å². The minimum absolute atomic E-state index is 0.0769. The summed E-state index contributed by atoms with van der Waals surface area (Å²) in [5, 5.41) is 0. The topological polar surface area (TPSA) is 62.5 Å². The summed E-state index contributed by atoms with van der Waals surface area (Å²) >= 11 is 0. The predicted octanol–water partition coefficient (Wildman–Crippen LogP) is 2.26. The normalized spacial score (nSPS) is 10.6. The molecule has 3 rings (SSSR count). The first-order valence-electron chi connectivity index (χ1n) is 8.34. The summed E-state index contributed by atoms with van der Waals surface area (Å²) in [5.74, 6) is 0.697. The summed E-state index contributed by atoms with van der Waals surface area (Å²) in [4.78, 5) is 24.4. The zero-order valence-corrected chi connectivity index (χ0v) is 14.3. The highest BCUT2D eigenvalue weighted by atomic mass is 16.5. The second-order valence-electron chi connectivity index (χ2n) is 5.68. The first-order chi connectivity index (χ1) is 12.7. The maximum absolute atomic E-state index is 12.5. The zero-order chi connectivity index (χ0) is 18.2. The molecule has 0 amide bonds. The molecule has 0 aliphatic rings. The Morgan fingerprint density at radius 1 is 0.846 bits per heavy atom. The molecule has 134 valence electrons. The van der Waals surface area contributed by atoms with E-state index in [0.29, 0.717) is 12.4 Å². The third-order valence-electron chi connectivity index (χ3n) is 3.81. The molecule has 6 nitrogen and oxygen atoms in total. The molecule has 0 bridgehead atoms. The van der Waals surface area contributed by atoms with Crippen LogP contribution in [0.25, 0.3) is 0 Å². The fraction of sp³-hybridized carbons (Fsp3) is 0.200. The molecular weight excluding hydrogens is 332 g/mol. The summed E-state index contributed by atoms with van der Waals surface area (Å²) < 4.78 is 13.6. The van der Waals surface area contributed by atoms with Gasteiger partial charge in [0, 0.05) is 12.3 Å². The standard InChI is InChI=1S/C20H20N2O4/c23-19-11-12-21(16-25-15-17-7-3-1-4-8-17)20(24)22(19)13-14-26-18-9-5-2-6-10-18/h1-12H,13-16H2. The Labute approximate surface area is 150 Å². The molecule has 0 atom stereocenters. The van der Waals surface area contributed by atoms with E-state index in [4.69, 9.17) is 9.47 Å². The molecule has 0 N–H and O–H groups in total. The van der Waals surface area contributed by atoms with Crippen LogP contribution in [-0.2, 0) is 24.6 Å². The number of rotatable bonds is 8. The van der Waals surface area contributed by atoms with Crippen molar-refractivity contribution in [3.05, 3.63) is 99.3 Å². The maximum Gasteiger partial charge on any atom is 0.332 e. The fourth-order valence-corrected chi connectivity index (χ4v) is 2.47. The minimum Gasteiger partial charge on any atom is -0.492 e. The van der Waals surface area contributed by atoms with Gasteiger partial charge in [-0.25, -0.2) is 4.79 Å². The molecule has 0 saturated carbocycles. The van der Waals surface area contributed by atoms with Crippen LogP contribution in [0.1, 0.15) is 5.56 Å². The summed E-state index contributed by atoms with van der Waals surface area (Å²) in [5.41, 5.74) is 0.248. The van der Waals surface area contributed by atoms with Gasteiger partial charge in [-0.3, -0.25) is 13.9 Å². The van der Waals surface area contributed by atoms with E-state index in [2.05, 4.69) is 0 Å². The Morgan fingerprint density at radius 2 is 1.54 bits per heavy atom. The second kappa shape index (κ2) is 8.82. The minimum atomic E-state index is -0.415. The first-order valence-corrected chi connectivity index (χ1v) is 8.34. The number of aromatic nitrogens is 2. The Hall–Kier alpha value is -3.12. The quantitative estimate of drug-likeness (QED) is 0.624. The molecule has 6 heteroatoms. The van der Waals surface area contributed by atoms with Crippen molar-refractivity contribution < 1.29 is 9.47 Å². The third kappa shape index (κ3) is 4.70. The Bertz CT molecular complexity index is 933. The average Bonchev–Trinajstić information content (AvgIpc) is 2.68. The van der Waals surface area contributed by atoms with Crippen molar-refractivity contribution in [2.24, 2.45) is 0 Å². The van der Waals surface area contributed by atoms with Gasteiger partial charge in [-0.1, -0.05) is 48.5 Å². The molecule has 0 saturated heterocycles.